The minimum Gasteiger partial charge on any atom is -0.379 e. The zero-order valence-electron chi connectivity index (χ0n) is 12.2. The third-order valence-electron chi connectivity index (χ3n) is 3.39. The lowest BCUT2D eigenvalue weighted by atomic mass is 9.95. The van der Waals surface area contributed by atoms with E-state index in [0.717, 1.165) is 18.4 Å². The van der Waals surface area contributed by atoms with Crippen LogP contribution in [0.5, 0.6) is 0 Å². The molecule has 1 aromatic rings. The lowest BCUT2D eigenvalue weighted by Crippen LogP contribution is -2.32. The standard InChI is InChI=1S/C8H6N2.C8H16O2/c1-7(5-9)8-3-2-4-10-6-8;1-9-7-5-3-4-6-8(7)10-2/h2-4,6H,1H2;7-8H,3-6H2,1-2H3. The number of nitrogens with zero attached hydrogens (tertiary/aromatic N) is 2. The highest BCUT2D eigenvalue weighted by Gasteiger charge is 2.23. The van der Waals surface area contributed by atoms with Gasteiger partial charge in [0.2, 0.25) is 0 Å². The van der Waals surface area contributed by atoms with Gasteiger partial charge in [-0.25, -0.2) is 0 Å². The van der Waals surface area contributed by atoms with Crippen molar-refractivity contribution in [2.75, 3.05) is 14.2 Å². The Hall–Kier alpha value is -1.70. The van der Waals surface area contributed by atoms with Gasteiger partial charge in [-0.05, 0) is 18.9 Å². The van der Waals surface area contributed by atoms with Gasteiger partial charge in [0.25, 0.3) is 0 Å². The lowest BCUT2D eigenvalue weighted by molar-refractivity contribution is -0.0577. The molecule has 0 amide bonds. The average Bonchev–Trinajstić information content (AvgIpc) is 2.55. The summed E-state index contributed by atoms with van der Waals surface area (Å²) in [6, 6.07) is 5.53. The van der Waals surface area contributed by atoms with Crippen molar-refractivity contribution >= 4 is 5.57 Å². The molecule has 2 unspecified atom stereocenters. The molecule has 0 spiro atoms. The molecule has 108 valence electrons. The number of aromatic nitrogens is 1. The predicted octanol–water partition coefficient (Wildman–Crippen LogP) is 3.21. The Morgan fingerprint density at radius 2 is 1.90 bits per heavy atom. The Bertz CT molecular complexity index is 428. The summed E-state index contributed by atoms with van der Waals surface area (Å²) in [4.78, 5) is 3.84. The van der Waals surface area contributed by atoms with Gasteiger partial charge < -0.3 is 9.47 Å². The Morgan fingerprint density at radius 3 is 2.30 bits per heavy atom. The van der Waals surface area contributed by atoms with Crippen LogP contribution >= 0.6 is 0 Å². The molecule has 1 aliphatic carbocycles. The number of methoxy groups -OCH3 is 2. The molecule has 2 atom stereocenters. The summed E-state index contributed by atoms with van der Waals surface area (Å²) in [5.74, 6) is 0. The smallest absolute Gasteiger partial charge is 0.0992 e. The summed E-state index contributed by atoms with van der Waals surface area (Å²) in [6.45, 7) is 3.54. The van der Waals surface area contributed by atoms with E-state index in [0.29, 0.717) is 17.8 Å². The minimum atomic E-state index is 0.346. The second kappa shape index (κ2) is 9.24. The largest absolute Gasteiger partial charge is 0.379 e. The summed E-state index contributed by atoms with van der Waals surface area (Å²) in [5.41, 5.74) is 1.23. The van der Waals surface area contributed by atoms with Gasteiger partial charge in [0.1, 0.15) is 0 Å². The summed E-state index contributed by atoms with van der Waals surface area (Å²) in [6.07, 6.45) is 8.87. The van der Waals surface area contributed by atoms with Crippen LogP contribution < -0.4 is 0 Å². The highest BCUT2D eigenvalue weighted by molar-refractivity contribution is 5.73. The van der Waals surface area contributed by atoms with E-state index in [1.165, 1.54) is 12.8 Å². The van der Waals surface area contributed by atoms with Gasteiger partial charge in [-0.1, -0.05) is 25.5 Å². The number of hydrogen-bond donors (Lipinski definition) is 0. The van der Waals surface area contributed by atoms with Crippen molar-refractivity contribution in [1.82, 2.24) is 4.98 Å². The minimum absolute atomic E-state index is 0.346. The summed E-state index contributed by atoms with van der Waals surface area (Å²) in [7, 11) is 3.53. The van der Waals surface area contributed by atoms with Crippen LogP contribution in [-0.4, -0.2) is 31.4 Å². The first-order valence-electron chi connectivity index (χ1n) is 6.78. The number of rotatable bonds is 3. The van der Waals surface area contributed by atoms with Crippen molar-refractivity contribution in [3.05, 3.63) is 36.7 Å². The van der Waals surface area contributed by atoms with E-state index in [4.69, 9.17) is 14.7 Å². The molecule has 1 aromatic heterocycles. The topological polar surface area (TPSA) is 55.1 Å². The third-order valence-corrected chi connectivity index (χ3v) is 3.39. The van der Waals surface area contributed by atoms with Crippen LogP contribution in [0.3, 0.4) is 0 Å². The van der Waals surface area contributed by atoms with E-state index in [1.807, 2.05) is 6.07 Å². The molecule has 4 heteroatoms. The molecular weight excluding hydrogens is 252 g/mol. The van der Waals surface area contributed by atoms with E-state index in [9.17, 15) is 0 Å². The SMILES string of the molecule is C=C(C#N)c1cccnc1.COC1CCCCC1OC. The fraction of sp³-hybridized carbons (Fsp3) is 0.500. The van der Waals surface area contributed by atoms with E-state index >= 15 is 0 Å². The van der Waals surface area contributed by atoms with Gasteiger partial charge in [-0.2, -0.15) is 5.26 Å². The van der Waals surface area contributed by atoms with Crippen molar-refractivity contribution < 1.29 is 9.47 Å². The van der Waals surface area contributed by atoms with Crippen molar-refractivity contribution in [3.8, 4) is 6.07 Å². The number of hydrogen-bond acceptors (Lipinski definition) is 4. The van der Waals surface area contributed by atoms with E-state index in [1.54, 1.807) is 38.7 Å². The molecule has 0 aliphatic heterocycles. The first kappa shape index (κ1) is 16.4. The van der Waals surface area contributed by atoms with Crippen molar-refractivity contribution in [2.45, 2.75) is 37.9 Å². The fourth-order valence-corrected chi connectivity index (χ4v) is 2.21. The van der Waals surface area contributed by atoms with Crippen molar-refractivity contribution in [1.29, 1.82) is 5.26 Å². The van der Waals surface area contributed by atoms with Gasteiger partial charge >= 0.3 is 0 Å². The average molecular weight is 274 g/mol. The van der Waals surface area contributed by atoms with Crippen molar-refractivity contribution in [3.63, 3.8) is 0 Å². The Morgan fingerprint density at radius 1 is 1.30 bits per heavy atom. The quantitative estimate of drug-likeness (QED) is 0.794. The molecule has 1 fully saturated rings. The molecule has 2 rings (SSSR count). The van der Waals surface area contributed by atoms with Crippen LogP contribution in [0.15, 0.2) is 31.1 Å². The first-order chi connectivity index (χ1) is 9.72. The van der Waals surface area contributed by atoms with Crippen LogP contribution in [0.25, 0.3) is 5.57 Å². The molecule has 0 saturated heterocycles. The maximum atomic E-state index is 8.41. The molecule has 0 aromatic carbocycles. The molecule has 0 bridgehead atoms. The van der Waals surface area contributed by atoms with Crippen LogP contribution in [0.1, 0.15) is 31.2 Å². The van der Waals surface area contributed by atoms with Crippen LogP contribution in [0.2, 0.25) is 0 Å². The molecule has 1 heterocycles. The Labute approximate surface area is 121 Å². The number of ether oxygens (including phenoxy) is 2. The van der Waals surface area contributed by atoms with Crippen molar-refractivity contribution in [2.24, 2.45) is 0 Å². The lowest BCUT2D eigenvalue weighted by Gasteiger charge is -2.28. The van der Waals surface area contributed by atoms with Crippen LogP contribution in [-0.2, 0) is 9.47 Å². The van der Waals surface area contributed by atoms with E-state index < -0.39 is 0 Å². The predicted molar refractivity (Wildman–Crippen MR) is 78.9 cm³/mol. The van der Waals surface area contributed by atoms with Gasteiger partial charge in [0.15, 0.2) is 0 Å². The molecule has 4 nitrogen and oxygen atoms in total. The summed E-state index contributed by atoms with van der Waals surface area (Å²) < 4.78 is 10.5. The second-order valence-electron chi connectivity index (χ2n) is 4.66. The molecule has 1 aliphatic rings. The van der Waals surface area contributed by atoms with Gasteiger partial charge in [0.05, 0.1) is 23.9 Å². The van der Waals surface area contributed by atoms with Gasteiger partial charge in [-0.15, -0.1) is 0 Å². The van der Waals surface area contributed by atoms with Crippen LogP contribution in [0.4, 0.5) is 0 Å². The second-order valence-corrected chi connectivity index (χ2v) is 4.66. The fourth-order valence-electron chi connectivity index (χ4n) is 2.21. The third kappa shape index (κ3) is 5.12. The summed E-state index contributed by atoms with van der Waals surface area (Å²) in [5, 5.41) is 8.41. The Balaban J connectivity index is 0.000000200. The molecule has 0 N–H and O–H groups in total. The Kier molecular flexibility index (Phi) is 7.56. The highest BCUT2D eigenvalue weighted by Crippen LogP contribution is 2.22. The maximum absolute atomic E-state index is 8.41. The molecule has 1 saturated carbocycles. The zero-order valence-corrected chi connectivity index (χ0v) is 12.2. The van der Waals surface area contributed by atoms with E-state index in [2.05, 4.69) is 11.6 Å². The zero-order chi connectivity index (χ0) is 14.8. The van der Waals surface area contributed by atoms with E-state index in [-0.39, 0.29) is 0 Å². The maximum Gasteiger partial charge on any atom is 0.0992 e. The number of allylic oxidation sites excluding steroid dienone is 1. The molecule has 20 heavy (non-hydrogen) atoms. The monoisotopic (exact) mass is 274 g/mol. The van der Waals surface area contributed by atoms with Crippen LogP contribution in [0, 0.1) is 11.3 Å². The molecule has 0 radical (unpaired) electrons. The number of pyridine rings is 1. The summed E-state index contributed by atoms with van der Waals surface area (Å²) >= 11 is 0. The first-order valence-corrected chi connectivity index (χ1v) is 6.78. The number of nitriles is 1. The highest BCUT2D eigenvalue weighted by atomic mass is 16.5. The molecular formula is C16H22N2O2. The normalized spacial score (nSPS) is 21.2. The van der Waals surface area contributed by atoms with Gasteiger partial charge in [0, 0.05) is 32.2 Å². The van der Waals surface area contributed by atoms with Gasteiger partial charge in [-0.3, -0.25) is 4.98 Å².